The number of hydrogen-bond donors (Lipinski definition) is 0. The van der Waals surface area contributed by atoms with Gasteiger partial charge in [0.05, 0.1) is 18.3 Å². The molecule has 1 saturated heterocycles. The Hall–Kier alpha value is -1.69. The number of rotatable bonds is 3. The van der Waals surface area contributed by atoms with Crippen molar-refractivity contribution < 1.29 is 23.0 Å². The molecule has 6 heteroatoms. The number of carbonyl (C=O) groups is 1. The van der Waals surface area contributed by atoms with Crippen LogP contribution in [0.15, 0.2) is 18.2 Å². The zero-order valence-electron chi connectivity index (χ0n) is 12.5. The highest BCUT2D eigenvalue weighted by atomic mass is 19.1. The van der Waals surface area contributed by atoms with Crippen LogP contribution in [0.4, 0.5) is 19.3 Å². The Morgan fingerprint density at radius 1 is 1.33 bits per heavy atom. The summed E-state index contributed by atoms with van der Waals surface area (Å²) in [5.74, 6) is -1.50. The minimum absolute atomic E-state index is 0.116. The first-order chi connectivity index (χ1) is 9.67. The molecular weight excluding hydrogens is 280 g/mol. The van der Waals surface area contributed by atoms with E-state index in [0.29, 0.717) is 6.61 Å². The van der Waals surface area contributed by atoms with E-state index in [1.807, 2.05) is 0 Å². The fourth-order valence-corrected chi connectivity index (χ4v) is 2.00. The van der Waals surface area contributed by atoms with E-state index in [2.05, 4.69) is 0 Å². The molecule has 1 aliphatic rings. The fraction of sp³-hybridized carbons (Fsp3) is 0.533. The van der Waals surface area contributed by atoms with E-state index in [1.165, 1.54) is 4.90 Å². The molecule has 0 spiro atoms. The topological polar surface area (TPSA) is 42.1 Å². The van der Waals surface area contributed by atoms with E-state index >= 15 is 0 Å². The molecule has 2 unspecified atom stereocenters. The van der Waals surface area contributed by atoms with Gasteiger partial charge in [0.25, 0.3) is 0 Å². The molecule has 4 nitrogen and oxygen atoms in total. The standard InChI is InChI=1S/C15H19F2NO3/c1-9(13-8-20-13)18(14(19)21-15(2,3)4)12-6-10(16)5-11(17)7-12/h5-7,9,13H,8H2,1-4H3. The number of epoxide rings is 1. The Morgan fingerprint density at radius 3 is 2.29 bits per heavy atom. The van der Waals surface area contributed by atoms with Crippen molar-refractivity contribution in [2.45, 2.75) is 45.4 Å². The third-order valence-electron chi connectivity index (χ3n) is 3.02. The summed E-state index contributed by atoms with van der Waals surface area (Å²) in [6, 6.07) is 2.59. The maximum atomic E-state index is 13.4. The van der Waals surface area contributed by atoms with Gasteiger partial charge in [0.15, 0.2) is 0 Å². The van der Waals surface area contributed by atoms with E-state index in [1.54, 1.807) is 27.7 Å². The average molecular weight is 299 g/mol. The molecule has 0 saturated carbocycles. The Morgan fingerprint density at radius 2 is 1.86 bits per heavy atom. The molecule has 0 bridgehead atoms. The molecule has 1 heterocycles. The van der Waals surface area contributed by atoms with E-state index in [4.69, 9.17) is 9.47 Å². The maximum absolute atomic E-state index is 13.4. The first kappa shape index (κ1) is 15.7. The minimum atomic E-state index is -0.748. The zero-order chi connectivity index (χ0) is 15.8. The quantitative estimate of drug-likeness (QED) is 0.802. The van der Waals surface area contributed by atoms with Crippen molar-refractivity contribution in [1.29, 1.82) is 0 Å². The van der Waals surface area contributed by atoms with Gasteiger partial charge in [-0.3, -0.25) is 4.90 Å². The molecule has 0 radical (unpaired) electrons. The third kappa shape index (κ3) is 4.14. The molecule has 1 aromatic carbocycles. The Kier molecular flexibility index (Phi) is 4.18. The highest BCUT2D eigenvalue weighted by Gasteiger charge is 2.38. The second kappa shape index (κ2) is 5.60. The van der Waals surface area contributed by atoms with Crippen LogP contribution in [-0.2, 0) is 9.47 Å². The van der Waals surface area contributed by atoms with Crippen molar-refractivity contribution in [1.82, 2.24) is 0 Å². The maximum Gasteiger partial charge on any atom is 0.415 e. The van der Waals surface area contributed by atoms with Gasteiger partial charge in [-0.1, -0.05) is 0 Å². The van der Waals surface area contributed by atoms with Crippen LogP contribution in [0.25, 0.3) is 0 Å². The first-order valence-electron chi connectivity index (χ1n) is 6.77. The summed E-state index contributed by atoms with van der Waals surface area (Å²) in [6.45, 7) is 7.46. The van der Waals surface area contributed by atoms with Crippen LogP contribution in [0.1, 0.15) is 27.7 Å². The molecule has 116 valence electrons. The molecule has 2 atom stereocenters. The summed E-state index contributed by atoms with van der Waals surface area (Å²) in [4.78, 5) is 13.6. The fourth-order valence-electron chi connectivity index (χ4n) is 2.00. The number of carbonyl (C=O) groups excluding carboxylic acids is 1. The Labute approximate surface area is 122 Å². The Bertz CT molecular complexity index is 518. The monoisotopic (exact) mass is 299 g/mol. The highest BCUT2D eigenvalue weighted by molar-refractivity contribution is 5.88. The van der Waals surface area contributed by atoms with Gasteiger partial charge in [-0.05, 0) is 39.8 Å². The van der Waals surface area contributed by atoms with Crippen LogP contribution in [0.3, 0.4) is 0 Å². The molecule has 1 aromatic rings. The predicted octanol–water partition coefficient (Wildman–Crippen LogP) is 3.49. The van der Waals surface area contributed by atoms with Crippen LogP contribution >= 0.6 is 0 Å². The van der Waals surface area contributed by atoms with Gasteiger partial charge in [0.1, 0.15) is 23.3 Å². The number of anilines is 1. The van der Waals surface area contributed by atoms with Crippen molar-refractivity contribution in [2.75, 3.05) is 11.5 Å². The molecule has 1 amide bonds. The van der Waals surface area contributed by atoms with Crippen molar-refractivity contribution in [3.05, 3.63) is 29.8 Å². The van der Waals surface area contributed by atoms with E-state index < -0.39 is 23.3 Å². The summed E-state index contributed by atoms with van der Waals surface area (Å²) in [7, 11) is 0. The van der Waals surface area contributed by atoms with E-state index in [9.17, 15) is 13.6 Å². The molecule has 2 rings (SSSR count). The minimum Gasteiger partial charge on any atom is -0.443 e. The second-order valence-electron chi connectivity index (χ2n) is 6.09. The smallest absolute Gasteiger partial charge is 0.415 e. The van der Waals surface area contributed by atoms with Gasteiger partial charge in [0.2, 0.25) is 0 Å². The van der Waals surface area contributed by atoms with Gasteiger partial charge in [-0.2, -0.15) is 0 Å². The SMILES string of the molecule is CC(C1CO1)N(C(=O)OC(C)(C)C)c1cc(F)cc(F)c1. The molecule has 0 aromatic heterocycles. The van der Waals surface area contributed by atoms with Gasteiger partial charge in [0, 0.05) is 6.07 Å². The first-order valence-corrected chi connectivity index (χ1v) is 6.77. The van der Waals surface area contributed by atoms with Crippen LogP contribution in [0.2, 0.25) is 0 Å². The van der Waals surface area contributed by atoms with Gasteiger partial charge in [-0.25, -0.2) is 13.6 Å². The summed E-state index contributed by atoms with van der Waals surface area (Å²) in [5.41, 5.74) is -0.588. The molecule has 21 heavy (non-hydrogen) atoms. The van der Waals surface area contributed by atoms with Gasteiger partial charge >= 0.3 is 6.09 Å². The van der Waals surface area contributed by atoms with Crippen LogP contribution < -0.4 is 4.90 Å². The van der Waals surface area contributed by atoms with Crippen LogP contribution in [0.5, 0.6) is 0 Å². The number of nitrogens with zero attached hydrogens (tertiary/aromatic N) is 1. The van der Waals surface area contributed by atoms with Crippen LogP contribution in [-0.4, -0.2) is 30.4 Å². The largest absolute Gasteiger partial charge is 0.443 e. The molecule has 1 fully saturated rings. The number of ether oxygens (including phenoxy) is 2. The number of hydrogen-bond acceptors (Lipinski definition) is 3. The number of halogens is 2. The number of amides is 1. The molecular formula is C15H19F2NO3. The van der Waals surface area contributed by atoms with Crippen molar-refractivity contribution >= 4 is 11.8 Å². The third-order valence-corrected chi connectivity index (χ3v) is 3.02. The van der Waals surface area contributed by atoms with Gasteiger partial charge in [-0.15, -0.1) is 0 Å². The second-order valence-corrected chi connectivity index (χ2v) is 6.09. The lowest BCUT2D eigenvalue weighted by atomic mass is 10.1. The van der Waals surface area contributed by atoms with Crippen LogP contribution in [0, 0.1) is 11.6 Å². The Balaban J connectivity index is 2.33. The summed E-state index contributed by atoms with van der Waals surface area (Å²) in [5, 5.41) is 0. The summed E-state index contributed by atoms with van der Waals surface area (Å²) < 4.78 is 37.3. The lowest BCUT2D eigenvalue weighted by molar-refractivity contribution is 0.0562. The van der Waals surface area contributed by atoms with E-state index in [0.717, 1.165) is 18.2 Å². The predicted molar refractivity (Wildman–Crippen MR) is 74.3 cm³/mol. The zero-order valence-corrected chi connectivity index (χ0v) is 12.5. The molecule has 1 aliphatic heterocycles. The summed E-state index contributed by atoms with van der Waals surface area (Å²) >= 11 is 0. The number of benzene rings is 1. The van der Waals surface area contributed by atoms with E-state index in [-0.39, 0.29) is 17.8 Å². The van der Waals surface area contributed by atoms with Gasteiger partial charge < -0.3 is 9.47 Å². The summed E-state index contributed by atoms with van der Waals surface area (Å²) in [6.07, 6.45) is -0.806. The van der Waals surface area contributed by atoms with Crippen molar-refractivity contribution in [3.63, 3.8) is 0 Å². The molecule has 0 aliphatic carbocycles. The lowest BCUT2D eigenvalue weighted by Gasteiger charge is -2.31. The average Bonchev–Trinajstić information content (AvgIpc) is 3.08. The highest BCUT2D eigenvalue weighted by Crippen LogP contribution is 2.28. The normalized spacial score (nSPS) is 19.0. The molecule has 0 N–H and O–H groups in total. The lowest BCUT2D eigenvalue weighted by Crippen LogP contribution is -2.45. The van der Waals surface area contributed by atoms with Crippen molar-refractivity contribution in [3.8, 4) is 0 Å². The van der Waals surface area contributed by atoms with Crippen molar-refractivity contribution in [2.24, 2.45) is 0 Å².